The summed E-state index contributed by atoms with van der Waals surface area (Å²) >= 11 is 0. The molecular weight excluding hydrogens is 486 g/mol. The number of carboxylic acid groups (broad SMARTS) is 1. The van der Waals surface area contributed by atoms with Crippen LogP contribution in [0.5, 0.6) is 11.5 Å². The summed E-state index contributed by atoms with van der Waals surface area (Å²) in [6, 6.07) is 10.7. The molecule has 10 heteroatoms. The van der Waals surface area contributed by atoms with Crippen LogP contribution in [0.15, 0.2) is 48.8 Å². The van der Waals surface area contributed by atoms with Gasteiger partial charge in [0, 0.05) is 25.0 Å². The molecule has 38 heavy (non-hydrogen) atoms. The second kappa shape index (κ2) is 13.0. The van der Waals surface area contributed by atoms with Crippen molar-refractivity contribution in [1.29, 1.82) is 0 Å². The fraction of sp³-hybridized carbons (Fsp3) is 0.429. The quantitative estimate of drug-likeness (QED) is 0.290. The van der Waals surface area contributed by atoms with E-state index in [0.29, 0.717) is 31.0 Å². The summed E-state index contributed by atoms with van der Waals surface area (Å²) in [6.07, 6.45) is 7.87. The smallest absolute Gasteiger partial charge is 0.305 e. The fourth-order valence-electron chi connectivity index (χ4n) is 4.93. The molecule has 0 saturated heterocycles. The van der Waals surface area contributed by atoms with Gasteiger partial charge in [0.15, 0.2) is 5.69 Å². The lowest BCUT2D eigenvalue weighted by atomic mass is 10.1. The van der Waals surface area contributed by atoms with Crippen LogP contribution in [0.1, 0.15) is 60.6 Å². The van der Waals surface area contributed by atoms with E-state index in [1.54, 1.807) is 32.7 Å². The Labute approximate surface area is 222 Å². The van der Waals surface area contributed by atoms with Crippen LogP contribution in [-0.4, -0.2) is 58.6 Å². The van der Waals surface area contributed by atoms with Gasteiger partial charge in [0.25, 0.3) is 5.91 Å². The number of carbonyl (C=O) groups excluding carboxylic acids is 1. The molecular formula is C28H35N5O5. The predicted molar refractivity (Wildman–Crippen MR) is 142 cm³/mol. The number of aromatic nitrogens is 3. The van der Waals surface area contributed by atoms with Gasteiger partial charge in [-0.15, -0.1) is 0 Å². The van der Waals surface area contributed by atoms with E-state index in [4.69, 9.17) is 14.6 Å². The molecule has 2 aromatic heterocycles. The van der Waals surface area contributed by atoms with Gasteiger partial charge in [-0.3, -0.25) is 19.3 Å². The minimum Gasteiger partial charge on any atom is -0.496 e. The van der Waals surface area contributed by atoms with Crippen LogP contribution in [0, 0.1) is 0 Å². The van der Waals surface area contributed by atoms with Crippen molar-refractivity contribution in [3.8, 4) is 22.8 Å². The number of aliphatic carboxylic acids is 1. The molecule has 1 aliphatic rings. The lowest BCUT2D eigenvalue weighted by Gasteiger charge is -2.18. The van der Waals surface area contributed by atoms with E-state index < -0.39 is 17.9 Å². The molecule has 3 N–H and O–H groups in total. The van der Waals surface area contributed by atoms with Gasteiger partial charge in [0.1, 0.15) is 11.5 Å². The average Bonchev–Trinajstić information content (AvgIpc) is 3.61. The van der Waals surface area contributed by atoms with E-state index in [-0.39, 0.29) is 18.2 Å². The zero-order valence-electron chi connectivity index (χ0n) is 21.9. The zero-order valence-corrected chi connectivity index (χ0v) is 21.9. The van der Waals surface area contributed by atoms with Gasteiger partial charge in [0.05, 0.1) is 37.9 Å². The number of hydrogen-bond acceptors (Lipinski definition) is 7. The Balaban J connectivity index is 1.53. The maximum Gasteiger partial charge on any atom is 0.305 e. The molecule has 1 saturated carbocycles. The molecule has 0 aliphatic heterocycles. The third-order valence-corrected chi connectivity index (χ3v) is 6.83. The first kappa shape index (κ1) is 27.1. The summed E-state index contributed by atoms with van der Waals surface area (Å²) < 4.78 is 13.2. The number of amides is 1. The van der Waals surface area contributed by atoms with Gasteiger partial charge in [-0.25, -0.2) is 0 Å². The number of methoxy groups -OCH3 is 2. The Hall–Kier alpha value is -3.92. The van der Waals surface area contributed by atoms with E-state index in [2.05, 4.69) is 15.6 Å². The first-order chi connectivity index (χ1) is 18.5. The number of rotatable bonds is 13. The number of benzene rings is 1. The van der Waals surface area contributed by atoms with Crippen molar-refractivity contribution in [2.75, 3.05) is 20.8 Å². The van der Waals surface area contributed by atoms with E-state index in [1.165, 1.54) is 0 Å². The molecule has 10 nitrogen and oxygen atoms in total. The molecule has 2 heterocycles. The van der Waals surface area contributed by atoms with Crippen LogP contribution in [0.4, 0.5) is 0 Å². The standard InChI is InChI=1S/C28H35N5O5/c1-37-24-8-5-9-25(38-2)27(24)23-17-22(32-33(23)21-6-3-4-7-21)28(36)31-20(16-26(34)35)12-15-30-18-19-10-13-29-14-11-19/h5,8-11,13-14,17,20-21,30H,3-4,6-7,12,15-16,18H2,1-2H3,(H,31,36)(H,34,35). The zero-order chi connectivity index (χ0) is 26.9. The van der Waals surface area contributed by atoms with Gasteiger partial charge in [-0.1, -0.05) is 18.9 Å². The normalized spacial score (nSPS) is 14.3. The number of pyridine rings is 1. The highest BCUT2D eigenvalue weighted by molar-refractivity contribution is 5.94. The maximum atomic E-state index is 13.3. The molecule has 3 aromatic rings. The van der Waals surface area contributed by atoms with Gasteiger partial charge >= 0.3 is 5.97 Å². The summed E-state index contributed by atoms with van der Waals surface area (Å²) in [4.78, 5) is 28.9. The van der Waals surface area contributed by atoms with Crippen molar-refractivity contribution < 1.29 is 24.2 Å². The Bertz CT molecular complexity index is 1200. The predicted octanol–water partition coefficient (Wildman–Crippen LogP) is 3.83. The van der Waals surface area contributed by atoms with Gasteiger partial charge in [-0.2, -0.15) is 5.10 Å². The van der Waals surface area contributed by atoms with Crippen LogP contribution < -0.4 is 20.1 Å². The van der Waals surface area contributed by atoms with Crippen molar-refractivity contribution in [2.45, 2.75) is 57.2 Å². The molecule has 1 aromatic carbocycles. The highest BCUT2D eigenvalue weighted by Crippen LogP contribution is 2.41. The van der Waals surface area contributed by atoms with Gasteiger partial charge in [-0.05, 0) is 61.7 Å². The minimum atomic E-state index is -0.972. The number of hydrogen-bond donors (Lipinski definition) is 3. The number of ether oxygens (including phenoxy) is 2. The second-order valence-corrected chi connectivity index (χ2v) is 9.42. The van der Waals surface area contributed by atoms with Crippen molar-refractivity contribution in [3.05, 3.63) is 60.0 Å². The molecule has 4 rings (SSSR count). The Morgan fingerprint density at radius 3 is 2.42 bits per heavy atom. The highest BCUT2D eigenvalue weighted by atomic mass is 16.5. The number of carbonyl (C=O) groups is 2. The highest BCUT2D eigenvalue weighted by Gasteiger charge is 2.28. The third kappa shape index (κ3) is 6.69. The van der Waals surface area contributed by atoms with Crippen LogP contribution >= 0.6 is 0 Å². The fourth-order valence-corrected chi connectivity index (χ4v) is 4.93. The third-order valence-electron chi connectivity index (χ3n) is 6.83. The molecule has 1 unspecified atom stereocenters. The van der Waals surface area contributed by atoms with E-state index in [0.717, 1.165) is 42.5 Å². The van der Waals surface area contributed by atoms with Crippen molar-refractivity contribution >= 4 is 11.9 Å². The number of nitrogens with one attached hydrogen (secondary N) is 2. The van der Waals surface area contributed by atoms with E-state index in [1.807, 2.05) is 35.0 Å². The van der Waals surface area contributed by atoms with Gasteiger partial charge < -0.3 is 25.2 Å². The first-order valence-electron chi connectivity index (χ1n) is 12.9. The van der Waals surface area contributed by atoms with Crippen LogP contribution in [0.2, 0.25) is 0 Å². The first-order valence-corrected chi connectivity index (χ1v) is 12.9. The van der Waals surface area contributed by atoms with Crippen LogP contribution in [-0.2, 0) is 11.3 Å². The summed E-state index contributed by atoms with van der Waals surface area (Å²) in [7, 11) is 3.20. The van der Waals surface area contributed by atoms with Crippen molar-refractivity contribution in [2.24, 2.45) is 0 Å². The van der Waals surface area contributed by atoms with Gasteiger partial charge in [0.2, 0.25) is 0 Å². The second-order valence-electron chi connectivity index (χ2n) is 9.42. The summed E-state index contributed by atoms with van der Waals surface area (Å²) in [6.45, 7) is 1.17. The number of carboxylic acids is 1. The minimum absolute atomic E-state index is 0.161. The molecule has 0 bridgehead atoms. The molecule has 1 aliphatic carbocycles. The monoisotopic (exact) mass is 521 g/mol. The maximum absolute atomic E-state index is 13.3. The molecule has 1 amide bonds. The lowest BCUT2D eigenvalue weighted by molar-refractivity contribution is -0.137. The Kier molecular flexibility index (Phi) is 9.31. The molecule has 1 fully saturated rings. The molecule has 0 radical (unpaired) electrons. The largest absolute Gasteiger partial charge is 0.496 e. The lowest BCUT2D eigenvalue weighted by Crippen LogP contribution is -2.38. The summed E-state index contributed by atoms with van der Waals surface area (Å²) in [5.74, 6) is -0.128. The summed E-state index contributed by atoms with van der Waals surface area (Å²) in [5.41, 5.74) is 2.79. The molecule has 202 valence electrons. The van der Waals surface area contributed by atoms with E-state index >= 15 is 0 Å². The topological polar surface area (TPSA) is 128 Å². The SMILES string of the molecule is COc1cccc(OC)c1-c1cc(C(=O)NC(CCNCc2ccncc2)CC(=O)O)nn1C1CCCC1. The van der Waals surface area contributed by atoms with E-state index in [9.17, 15) is 14.7 Å². The molecule has 0 spiro atoms. The molecule has 1 atom stereocenters. The van der Waals surface area contributed by atoms with Crippen molar-refractivity contribution in [1.82, 2.24) is 25.4 Å². The number of nitrogens with zero attached hydrogens (tertiary/aromatic N) is 3. The van der Waals surface area contributed by atoms with Crippen LogP contribution in [0.25, 0.3) is 11.3 Å². The van der Waals surface area contributed by atoms with Crippen molar-refractivity contribution in [3.63, 3.8) is 0 Å². The van der Waals surface area contributed by atoms with Crippen LogP contribution in [0.3, 0.4) is 0 Å². The Morgan fingerprint density at radius 1 is 1.11 bits per heavy atom. The summed E-state index contributed by atoms with van der Waals surface area (Å²) in [5, 5.41) is 20.3. The Morgan fingerprint density at radius 2 is 1.79 bits per heavy atom. The average molecular weight is 522 g/mol.